The molecule has 0 aliphatic carbocycles. The smallest absolute Gasteiger partial charge is 0.404 e. The van der Waals surface area contributed by atoms with E-state index in [1.807, 2.05) is 0 Å². The number of nitrogens with zero attached hydrogens (tertiary/aromatic N) is 1. The maximum Gasteiger partial charge on any atom is 0.404 e. The first kappa shape index (κ1) is 9.11. The van der Waals surface area contributed by atoms with Gasteiger partial charge in [0.2, 0.25) is 0 Å². The van der Waals surface area contributed by atoms with Crippen molar-refractivity contribution in [3.05, 3.63) is 34.2 Å². The van der Waals surface area contributed by atoms with Crippen LogP contribution in [0.25, 0.3) is 0 Å². The number of nitrogens with one attached hydrogen (secondary N) is 1. The largest absolute Gasteiger partial charge is 0.465 e. The van der Waals surface area contributed by atoms with Gasteiger partial charge in [-0.1, -0.05) is 0 Å². The molecule has 1 aromatic heterocycles. The first-order valence-corrected chi connectivity index (χ1v) is 3.47. The molecular formula is C7H8N2O4. The zero-order valence-corrected chi connectivity index (χ0v) is 6.60. The fourth-order valence-electron chi connectivity index (χ4n) is 0.800. The molecule has 6 nitrogen and oxygen atoms in total. The van der Waals surface area contributed by atoms with Crippen LogP contribution in [-0.2, 0) is 6.54 Å². The second-order valence-corrected chi connectivity index (χ2v) is 2.38. The fourth-order valence-corrected chi connectivity index (χ4v) is 0.800. The normalized spacial score (nSPS) is 9.54. The summed E-state index contributed by atoms with van der Waals surface area (Å²) in [5, 5.41) is 19.1. The quantitative estimate of drug-likeness (QED) is 0.557. The summed E-state index contributed by atoms with van der Waals surface area (Å²) in [6, 6.07) is 2.59. The van der Waals surface area contributed by atoms with Crippen molar-refractivity contribution in [3.8, 4) is 0 Å². The number of hydrogen-bond donors (Lipinski definition) is 3. The Morgan fingerprint density at radius 1 is 1.62 bits per heavy atom. The third-order valence-electron chi connectivity index (χ3n) is 1.41. The summed E-state index contributed by atoms with van der Waals surface area (Å²) in [7, 11) is 0. The van der Waals surface area contributed by atoms with Crippen molar-refractivity contribution in [2.24, 2.45) is 0 Å². The molecule has 6 heteroatoms. The highest BCUT2D eigenvalue weighted by Crippen LogP contribution is 1.92. The Morgan fingerprint density at radius 3 is 2.85 bits per heavy atom. The summed E-state index contributed by atoms with van der Waals surface area (Å²) < 4.78 is 0.421. The van der Waals surface area contributed by atoms with Gasteiger partial charge in [0.05, 0.1) is 0 Å². The Morgan fingerprint density at radius 2 is 2.31 bits per heavy atom. The number of carbonyl (C=O) groups is 1. The lowest BCUT2D eigenvalue weighted by atomic mass is 10.3. The van der Waals surface area contributed by atoms with Crippen LogP contribution in [0.3, 0.4) is 0 Å². The van der Waals surface area contributed by atoms with Crippen LogP contribution in [0.15, 0.2) is 23.1 Å². The Labute approximate surface area is 73.0 Å². The maximum atomic E-state index is 10.8. The molecule has 0 aliphatic heterocycles. The predicted octanol–water partition coefficient (Wildman–Crippen LogP) is -0.147. The van der Waals surface area contributed by atoms with Crippen molar-refractivity contribution >= 4 is 6.09 Å². The van der Waals surface area contributed by atoms with Gasteiger partial charge in [0.15, 0.2) is 0 Å². The molecule has 0 unspecified atom stereocenters. The molecule has 1 rings (SSSR count). The molecule has 0 bridgehead atoms. The summed E-state index contributed by atoms with van der Waals surface area (Å²) in [5.41, 5.74) is -0.0950. The molecule has 0 saturated carbocycles. The lowest BCUT2D eigenvalue weighted by Crippen LogP contribution is -2.22. The van der Waals surface area contributed by atoms with E-state index in [-0.39, 0.29) is 6.54 Å². The summed E-state index contributed by atoms with van der Waals surface area (Å²) in [5.74, 6) is 0. The topological polar surface area (TPSA) is 91.6 Å². The molecule has 70 valence electrons. The number of carboxylic acid groups (broad SMARTS) is 1. The molecule has 13 heavy (non-hydrogen) atoms. The Hall–Kier alpha value is -1.98. The van der Waals surface area contributed by atoms with Crippen LogP contribution in [0.1, 0.15) is 5.56 Å². The lowest BCUT2D eigenvalue weighted by Gasteiger charge is -2.00. The second-order valence-electron chi connectivity index (χ2n) is 2.38. The highest BCUT2D eigenvalue weighted by molar-refractivity contribution is 5.64. The van der Waals surface area contributed by atoms with Crippen LogP contribution in [0, 0.1) is 0 Å². The van der Waals surface area contributed by atoms with Gasteiger partial charge >= 0.3 is 6.09 Å². The lowest BCUT2D eigenvalue weighted by molar-refractivity contribution is 0.174. The van der Waals surface area contributed by atoms with E-state index in [1.54, 1.807) is 0 Å². The number of rotatable bonds is 2. The third-order valence-corrected chi connectivity index (χ3v) is 1.41. The molecule has 1 heterocycles. The Balaban J connectivity index is 2.74. The van der Waals surface area contributed by atoms with Gasteiger partial charge in [0.25, 0.3) is 5.56 Å². The van der Waals surface area contributed by atoms with Gasteiger partial charge in [0, 0.05) is 18.8 Å². The third kappa shape index (κ3) is 2.51. The first-order valence-electron chi connectivity index (χ1n) is 3.47. The molecule has 0 fully saturated rings. The number of hydrogen-bond acceptors (Lipinski definition) is 3. The van der Waals surface area contributed by atoms with Crippen molar-refractivity contribution < 1.29 is 15.1 Å². The second kappa shape index (κ2) is 3.61. The SMILES string of the molecule is O=C(O)NCc1ccn(O)c(=O)c1. The average molecular weight is 184 g/mol. The van der Waals surface area contributed by atoms with E-state index in [1.165, 1.54) is 6.07 Å². The van der Waals surface area contributed by atoms with Gasteiger partial charge < -0.3 is 15.6 Å². The minimum atomic E-state index is -1.16. The Kier molecular flexibility index (Phi) is 2.53. The van der Waals surface area contributed by atoms with Gasteiger partial charge in [-0.3, -0.25) is 4.79 Å². The zero-order chi connectivity index (χ0) is 9.84. The molecule has 0 aliphatic rings. The molecule has 0 spiro atoms. The van der Waals surface area contributed by atoms with E-state index in [9.17, 15) is 9.59 Å². The van der Waals surface area contributed by atoms with E-state index in [0.717, 1.165) is 12.3 Å². The van der Waals surface area contributed by atoms with Crippen LogP contribution < -0.4 is 10.9 Å². The summed E-state index contributed by atoms with van der Waals surface area (Å²) in [6.07, 6.45) is -0.00513. The highest BCUT2D eigenvalue weighted by Gasteiger charge is 1.98. The van der Waals surface area contributed by atoms with Crippen LogP contribution in [0.5, 0.6) is 0 Å². The van der Waals surface area contributed by atoms with Crippen molar-refractivity contribution in [2.45, 2.75) is 6.54 Å². The van der Waals surface area contributed by atoms with Gasteiger partial charge in [-0.25, -0.2) is 4.79 Å². The standard InChI is InChI=1S/C7H8N2O4/c10-6-3-5(1-2-9(6)13)4-8-7(11)12/h1-3,8,13H,4H2,(H,11,12). The number of amides is 1. The Bertz CT molecular complexity index is 371. The van der Waals surface area contributed by atoms with E-state index in [2.05, 4.69) is 5.32 Å². The first-order chi connectivity index (χ1) is 6.09. The number of aromatic nitrogens is 1. The zero-order valence-electron chi connectivity index (χ0n) is 6.60. The van der Waals surface area contributed by atoms with Crippen LogP contribution in [0.4, 0.5) is 4.79 Å². The van der Waals surface area contributed by atoms with Crippen molar-refractivity contribution in [3.63, 3.8) is 0 Å². The molecule has 0 saturated heterocycles. The van der Waals surface area contributed by atoms with E-state index in [0.29, 0.717) is 10.3 Å². The summed E-state index contributed by atoms with van der Waals surface area (Å²) in [4.78, 5) is 20.9. The van der Waals surface area contributed by atoms with E-state index < -0.39 is 11.7 Å². The average Bonchev–Trinajstić information content (AvgIpc) is 2.07. The summed E-state index contributed by atoms with van der Waals surface area (Å²) in [6.45, 7) is 0.0470. The summed E-state index contributed by atoms with van der Waals surface area (Å²) >= 11 is 0. The molecule has 3 N–H and O–H groups in total. The van der Waals surface area contributed by atoms with E-state index in [4.69, 9.17) is 10.3 Å². The minimum absolute atomic E-state index is 0.0470. The minimum Gasteiger partial charge on any atom is -0.465 e. The van der Waals surface area contributed by atoms with Crippen molar-refractivity contribution in [1.82, 2.24) is 10.0 Å². The predicted molar refractivity (Wildman–Crippen MR) is 42.8 cm³/mol. The number of pyridine rings is 1. The molecular weight excluding hydrogens is 176 g/mol. The monoisotopic (exact) mass is 184 g/mol. The molecule has 0 atom stereocenters. The van der Waals surface area contributed by atoms with Gasteiger partial charge in [-0.15, -0.1) is 0 Å². The fraction of sp³-hybridized carbons (Fsp3) is 0.143. The van der Waals surface area contributed by atoms with Crippen LogP contribution in [-0.4, -0.2) is 21.1 Å². The molecule has 1 aromatic rings. The van der Waals surface area contributed by atoms with Gasteiger partial charge in [-0.2, -0.15) is 4.73 Å². The van der Waals surface area contributed by atoms with Crippen molar-refractivity contribution in [2.75, 3.05) is 0 Å². The molecule has 0 aromatic carbocycles. The van der Waals surface area contributed by atoms with Gasteiger partial charge in [-0.05, 0) is 11.6 Å². The maximum absolute atomic E-state index is 10.8. The van der Waals surface area contributed by atoms with Crippen LogP contribution >= 0.6 is 0 Å². The van der Waals surface area contributed by atoms with E-state index >= 15 is 0 Å². The molecule has 0 radical (unpaired) electrons. The van der Waals surface area contributed by atoms with Gasteiger partial charge in [0.1, 0.15) is 0 Å². The highest BCUT2D eigenvalue weighted by atomic mass is 16.5. The molecule has 1 amide bonds. The van der Waals surface area contributed by atoms with Crippen LogP contribution in [0.2, 0.25) is 0 Å². The van der Waals surface area contributed by atoms with Crippen molar-refractivity contribution in [1.29, 1.82) is 0 Å².